The zero-order valence-corrected chi connectivity index (χ0v) is 13.4. The summed E-state index contributed by atoms with van der Waals surface area (Å²) in [4.78, 5) is 14.5. The van der Waals surface area contributed by atoms with E-state index >= 15 is 0 Å². The fourth-order valence-electron chi connectivity index (χ4n) is 2.49. The van der Waals surface area contributed by atoms with Crippen molar-refractivity contribution >= 4 is 28.8 Å². The molecule has 0 saturated carbocycles. The lowest BCUT2D eigenvalue weighted by Gasteiger charge is -2.23. The predicted molar refractivity (Wildman–Crippen MR) is 99.6 cm³/mol. The molecule has 0 spiro atoms. The molecule has 0 heterocycles. The van der Waals surface area contributed by atoms with E-state index in [-0.39, 0.29) is 6.03 Å². The number of aryl methyl sites for hydroxylation is 1. The summed E-state index contributed by atoms with van der Waals surface area (Å²) in [5.74, 6) is 0. The fourth-order valence-corrected chi connectivity index (χ4v) is 2.49. The van der Waals surface area contributed by atoms with Crippen LogP contribution in [0.2, 0.25) is 0 Å². The summed E-state index contributed by atoms with van der Waals surface area (Å²) in [5.41, 5.74) is 9.81. The number of anilines is 4. The van der Waals surface area contributed by atoms with Gasteiger partial charge in [0.2, 0.25) is 0 Å². The highest BCUT2D eigenvalue weighted by atomic mass is 16.2. The number of amides is 2. The second-order valence-corrected chi connectivity index (χ2v) is 5.56. The van der Waals surface area contributed by atoms with Gasteiger partial charge in [-0.1, -0.05) is 30.3 Å². The molecule has 0 radical (unpaired) electrons. The van der Waals surface area contributed by atoms with E-state index in [0.717, 1.165) is 22.6 Å². The molecule has 0 fully saturated rings. The Labute approximate surface area is 141 Å². The Balaban J connectivity index is 1.95. The first kappa shape index (κ1) is 15.6. The first-order chi connectivity index (χ1) is 11.6. The molecule has 3 aromatic carbocycles. The Hall–Kier alpha value is -3.27. The Morgan fingerprint density at radius 3 is 2.21 bits per heavy atom. The third-order valence-electron chi connectivity index (χ3n) is 3.64. The summed E-state index contributed by atoms with van der Waals surface area (Å²) < 4.78 is 0. The molecule has 0 aliphatic rings. The van der Waals surface area contributed by atoms with E-state index in [4.69, 9.17) is 5.73 Å². The van der Waals surface area contributed by atoms with E-state index < -0.39 is 0 Å². The van der Waals surface area contributed by atoms with Crippen LogP contribution in [0.3, 0.4) is 0 Å². The standard InChI is InChI=1S/C20H19N3O/c1-15-6-5-7-17(14-15)22-20(24)23(18-8-3-2-4-9-18)19-12-10-16(21)11-13-19/h2-14H,21H2,1H3,(H,22,24). The molecule has 0 unspecified atom stereocenters. The molecule has 4 nitrogen and oxygen atoms in total. The van der Waals surface area contributed by atoms with Gasteiger partial charge in [-0.25, -0.2) is 4.79 Å². The number of benzene rings is 3. The van der Waals surface area contributed by atoms with Gasteiger partial charge < -0.3 is 11.1 Å². The molecule has 3 rings (SSSR count). The van der Waals surface area contributed by atoms with Crippen LogP contribution < -0.4 is 16.0 Å². The minimum Gasteiger partial charge on any atom is -0.399 e. The summed E-state index contributed by atoms with van der Waals surface area (Å²) in [7, 11) is 0. The summed E-state index contributed by atoms with van der Waals surface area (Å²) in [5, 5.41) is 2.95. The van der Waals surface area contributed by atoms with Crippen LogP contribution in [-0.2, 0) is 0 Å². The molecule has 3 N–H and O–H groups in total. The molecule has 24 heavy (non-hydrogen) atoms. The SMILES string of the molecule is Cc1cccc(NC(=O)N(c2ccccc2)c2ccc(N)cc2)c1. The average Bonchev–Trinajstić information content (AvgIpc) is 2.58. The van der Waals surface area contributed by atoms with Crippen LogP contribution in [0, 0.1) is 6.92 Å². The number of nitrogen functional groups attached to an aromatic ring is 1. The largest absolute Gasteiger partial charge is 0.399 e. The fraction of sp³-hybridized carbons (Fsp3) is 0.0500. The second-order valence-electron chi connectivity index (χ2n) is 5.56. The van der Waals surface area contributed by atoms with E-state index in [1.807, 2.05) is 73.7 Å². The zero-order chi connectivity index (χ0) is 16.9. The third kappa shape index (κ3) is 3.55. The normalized spacial score (nSPS) is 10.2. The molecule has 0 aliphatic carbocycles. The highest BCUT2D eigenvalue weighted by Gasteiger charge is 2.18. The Morgan fingerprint density at radius 1 is 0.875 bits per heavy atom. The van der Waals surface area contributed by atoms with Crippen LogP contribution in [0.5, 0.6) is 0 Å². The minimum absolute atomic E-state index is 0.225. The van der Waals surface area contributed by atoms with Crippen LogP contribution in [0.25, 0.3) is 0 Å². The quantitative estimate of drug-likeness (QED) is 0.672. The third-order valence-corrected chi connectivity index (χ3v) is 3.64. The molecule has 3 aromatic rings. The molecule has 0 aliphatic heterocycles. The van der Waals surface area contributed by atoms with Crippen molar-refractivity contribution in [2.75, 3.05) is 16.0 Å². The van der Waals surface area contributed by atoms with Crippen LogP contribution in [0.15, 0.2) is 78.9 Å². The zero-order valence-electron chi connectivity index (χ0n) is 13.4. The molecule has 4 heteroatoms. The molecule has 0 saturated heterocycles. The number of carbonyl (C=O) groups is 1. The maximum absolute atomic E-state index is 12.9. The van der Waals surface area contributed by atoms with Crippen molar-refractivity contribution in [3.8, 4) is 0 Å². The van der Waals surface area contributed by atoms with Crippen LogP contribution in [0.4, 0.5) is 27.5 Å². The summed E-state index contributed by atoms with van der Waals surface area (Å²) in [6.07, 6.45) is 0. The smallest absolute Gasteiger partial charge is 0.330 e. The lowest BCUT2D eigenvalue weighted by molar-refractivity contribution is 0.259. The highest BCUT2D eigenvalue weighted by molar-refractivity contribution is 6.07. The van der Waals surface area contributed by atoms with Crippen LogP contribution in [0.1, 0.15) is 5.56 Å². The molecule has 0 bridgehead atoms. The van der Waals surface area contributed by atoms with E-state index in [9.17, 15) is 4.79 Å². The monoisotopic (exact) mass is 317 g/mol. The van der Waals surface area contributed by atoms with Gasteiger partial charge in [0.25, 0.3) is 0 Å². The first-order valence-corrected chi connectivity index (χ1v) is 7.72. The van der Waals surface area contributed by atoms with Crippen molar-refractivity contribution in [2.24, 2.45) is 0 Å². The Bertz CT molecular complexity index is 829. The number of urea groups is 1. The number of rotatable bonds is 3. The Kier molecular flexibility index (Phi) is 4.47. The van der Waals surface area contributed by atoms with E-state index in [1.54, 1.807) is 17.0 Å². The van der Waals surface area contributed by atoms with Crippen molar-refractivity contribution in [3.63, 3.8) is 0 Å². The summed E-state index contributed by atoms with van der Waals surface area (Å²) in [6, 6.07) is 24.2. The molecule has 0 aromatic heterocycles. The number of nitrogens with one attached hydrogen (secondary N) is 1. The number of nitrogens with zero attached hydrogens (tertiary/aromatic N) is 1. The second kappa shape index (κ2) is 6.87. The predicted octanol–water partition coefficient (Wildman–Crippen LogP) is 4.95. The van der Waals surface area contributed by atoms with Gasteiger partial charge >= 0.3 is 6.03 Å². The van der Waals surface area contributed by atoms with E-state index in [2.05, 4.69) is 5.32 Å². The first-order valence-electron chi connectivity index (χ1n) is 7.72. The number of carbonyl (C=O) groups excluding carboxylic acids is 1. The van der Waals surface area contributed by atoms with Crippen LogP contribution >= 0.6 is 0 Å². The number of hydrogen-bond acceptors (Lipinski definition) is 2. The number of nitrogens with two attached hydrogens (primary N) is 1. The van der Waals surface area contributed by atoms with Crippen molar-refractivity contribution < 1.29 is 4.79 Å². The number of para-hydroxylation sites is 1. The van der Waals surface area contributed by atoms with Gasteiger partial charge in [-0.3, -0.25) is 4.90 Å². The highest BCUT2D eigenvalue weighted by Crippen LogP contribution is 2.27. The Morgan fingerprint density at radius 2 is 1.54 bits per heavy atom. The van der Waals surface area contributed by atoms with E-state index in [0.29, 0.717) is 5.69 Å². The van der Waals surface area contributed by atoms with Gasteiger partial charge in [-0.2, -0.15) is 0 Å². The lowest BCUT2D eigenvalue weighted by atomic mass is 10.2. The molecule has 120 valence electrons. The van der Waals surface area contributed by atoms with Crippen molar-refractivity contribution in [1.29, 1.82) is 0 Å². The minimum atomic E-state index is -0.225. The lowest BCUT2D eigenvalue weighted by Crippen LogP contribution is -2.30. The van der Waals surface area contributed by atoms with Gasteiger partial charge in [0, 0.05) is 11.4 Å². The van der Waals surface area contributed by atoms with Gasteiger partial charge in [-0.05, 0) is 61.0 Å². The van der Waals surface area contributed by atoms with Crippen molar-refractivity contribution in [2.45, 2.75) is 6.92 Å². The number of hydrogen-bond donors (Lipinski definition) is 2. The van der Waals surface area contributed by atoms with Gasteiger partial charge in [0.05, 0.1) is 11.4 Å². The van der Waals surface area contributed by atoms with E-state index in [1.165, 1.54) is 0 Å². The average molecular weight is 317 g/mol. The van der Waals surface area contributed by atoms with Crippen molar-refractivity contribution in [1.82, 2.24) is 0 Å². The maximum Gasteiger partial charge on any atom is 0.330 e. The summed E-state index contributed by atoms with van der Waals surface area (Å²) in [6.45, 7) is 1.99. The maximum atomic E-state index is 12.9. The molecule has 2 amide bonds. The topological polar surface area (TPSA) is 58.4 Å². The molecule has 0 atom stereocenters. The summed E-state index contributed by atoms with van der Waals surface area (Å²) >= 11 is 0. The molecular weight excluding hydrogens is 298 g/mol. The van der Waals surface area contributed by atoms with Gasteiger partial charge in [0.1, 0.15) is 0 Å². The van der Waals surface area contributed by atoms with Crippen LogP contribution in [-0.4, -0.2) is 6.03 Å². The molecular formula is C20H19N3O. The van der Waals surface area contributed by atoms with Gasteiger partial charge in [-0.15, -0.1) is 0 Å². The van der Waals surface area contributed by atoms with Crippen molar-refractivity contribution in [3.05, 3.63) is 84.4 Å². The van der Waals surface area contributed by atoms with Gasteiger partial charge in [0.15, 0.2) is 0 Å².